The highest BCUT2D eigenvalue weighted by atomic mass is 35.5. The van der Waals surface area contributed by atoms with Crippen molar-refractivity contribution in [3.05, 3.63) is 29.3 Å². The Bertz CT molecular complexity index is 633. The molecule has 1 aromatic carbocycles. The Kier molecular flexibility index (Phi) is 2.60. The Hall–Kier alpha value is -1.06. The molecule has 4 heteroatoms. The van der Waals surface area contributed by atoms with Gasteiger partial charge in [0, 0.05) is 21.5 Å². The van der Waals surface area contributed by atoms with Crippen molar-refractivity contribution in [1.29, 1.82) is 0 Å². The van der Waals surface area contributed by atoms with E-state index in [2.05, 4.69) is 19.2 Å². The fourth-order valence-corrected chi connectivity index (χ4v) is 5.25. The van der Waals surface area contributed by atoms with Gasteiger partial charge in [0.25, 0.3) is 5.91 Å². The number of hydrogen-bond acceptors (Lipinski definition) is 2. The third-order valence-electron chi connectivity index (χ3n) is 6.65. The van der Waals surface area contributed by atoms with E-state index in [1.807, 2.05) is 12.1 Å². The molecule has 2 saturated carbocycles. The van der Waals surface area contributed by atoms with E-state index in [4.69, 9.17) is 16.3 Å². The fourth-order valence-electron chi connectivity index (χ4n) is 5.06. The zero-order valence-corrected chi connectivity index (χ0v) is 13.2. The number of amides is 1. The molecule has 4 rings (SSSR count). The molecule has 0 spiro atoms. The first-order valence-electron chi connectivity index (χ1n) is 7.62. The zero-order chi connectivity index (χ0) is 14.9. The molecule has 3 aliphatic rings. The maximum atomic E-state index is 13.0. The molecule has 1 saturated heterocycles. The Morgan fingerprint density at radius 1 is 1.43 bits per heavy atom. The number of hydrogen-bond donors (Lipinski definition) is 1. The number of nitrogens with one attached hydrogen (secondary N) is 1. The molecule has 1 aromatic rings. The SMILES string of the molecule is C[C@]12CC[C@@H]3C[C@@]1(C(=O)Nc1cccc(Cl)c1)OC[C@@]32C. The maximum absolute atomic E-state index is 13.0. The highest BCUT2D eigenvalue weighted by Gasteiger charge is 2.78. The van der Waals surface area contributed by atoms with Crippen molar-refractivity contribution in [2.45, 2.75) is 38.7 Å². The molecule has 1 aliphatic heterocycles. The van der Waals surface area contributed by atoms with E-state index in [1.165, 1.54) is 6.42 Å². The van der Waals surface area contributed by atoms with Crippen molar-refractivity contribution < 1.29 is 9.53 Å². The van der Waals surface area contributed by atoms with E-state index in [-0.39, 0.29) is 16.7 Å². The van der Waals surface area contributed by atoms with Gasteiger partial charge in [-0.15, -0.1) is 0 Å². The predicted molar refractivity (Wildman–Crippen MR) is 82.3 cm³/mol. The number of carbonyl (C=O) groups excluding carboxylic acids is 1. The lowest BCUT2D eigenvalue weighted by molar-refractivity contribution is -0.149. The molecule has 1 N–H and O–H groups in total. The minimum atomic E-state index is -0.660. The topological polar surface area (TPSA) is 38.3 Å². The summed E-state index contributed by atoms with van der Waals surface area (Å²) in [6, 6.07) is 7.29. The largest absolute Gasteiger partial charge is 0.364 e. The summed E-state index contributed by atoms with van der Waals surface area (Å²) in [7, 11) is 0. The maximum Gasteiger partial charge on any atom is 0.257 e. The number of rotatable bonds is 2. The first-order valence-corrected chi connectivity index (χ1v) is 8.00. The summed E-state index contributed by atoms with van der Waals surface area (Å²) in [6.07, 6.45) is 3.16. The lowest BCUT2D eigenvalue weighted by Gasteiger charge is -2.40. The average molecular weight is 306 g/mol. The van der Waals surface area contributed by atoms with E-state index >= 15 is 0 Å². The molecule has 0 unspecified atom stereocenters. The third kappa shape index (κ3) is 1.46. The molecular formula is C17H20ClNO2. The van der Waals surface area contributed by atoms with E-state index in [9.17, 15) is 4.79 Å². The van der Waals surface area contributed by atoms with Crippen LogP contribution in [0, 0.1) is 16.7 Å². The Morgan fingerprint density at radius 2 is 2.24 bits per heavy atom. The van der Waals surface area contributed by atoms with Gasteiger partial charge in [-0.25, -0.2) is 0 Å². The van der Waals surface area contributed by atoms with Gasteiger partial charge in [0.1, 0.15) is 0 Å². The molecule has 0 radical (unpaired) electrons. The van der Waals surface area contributed by atoms with Crippen LogP contribution >= 0.6 is 11.6 Å². The van der Waals surface area contributed by atoms with Gasteiger partial charge in [-0.1, -0.05) is 31.5 Å². The second kappa shape index (κ2) is 4.02. The Labute approximate surface area is 130 Å². The van der Waals surface area contributed by atoms with Gasteiger partial charge in [0.15, 0.2) is 5.60 Å². The zero-order valence-electron chi connectivity index (χ0n) is 12.4. The predicted octanol–water partition coefficient (Wildman–Crippen LogP) is 3.87. The first kappa shape index (κ1) is 13.6. The number of benzene rings is 1. The lowest BCUT2D eigenvalue weighted by Crippen LogP contribution is -2.52. The van der Waals surface area contributed by atoms with Crippen molar-refractivity contribution in [3.63, 3.8) is 0 Å². The van der Waals surface area contributed by atoms with Gasteiger partial charge < -0.3 is 10.1 Å². The molecule has 3 nitrogen and oxygen atoms in total. The van der Waals surface area contributed by atoms with Gasteiger partial charge in [-0.3, -0.25) is 4.79 Å². The highest BCUT2D eigenvalue weighted by Crippen LogP contribution is 2.75. The second-order valence-electron chi connectivity index (χ2n) is 7.27. The van der Waals surface area contributed by atoms with E-state index < -0.39 is 5.60 Å². The van der Waals surface area contributed by atoms with Crippen molar-refractivity contribution in [2.24, 2.45) is 16.7 Å². The molecule has 3 fully saturated rings. The molecule has 1 heterocycles. The Morgan fingerprint density at radius 3 is 2.90 bits per heavy atom. The number of anilines is 1. The quantitative estimate of drug-likeness (QED) is 0.900. The molecular weight excluding hydrogens is 286 g/mol. The highest BCUT2D eigenvalue weighted by molar-refractivity contribution is 6.30. The molecule has 2 aliphatic carbocycles. The van der Waals surface area contributed by atoms with Crippen molar-refractivity contribution in [2.75, 3.05) is 11.9 Å². The summed E-state index contributed by atoms with van der Waals surface area (Å²) in [6.45, 7) is 5.24. The summed E-state index contributed by atoms with van der Waals surface area (Å²) >= 11 is 5.99. The van der Waals surface area contributed by atoms with Crippen LogP contribution in [0.25, 0.3) is 0 Å². The summed E-state index contributed by atoms with van der Waals surface area (Å²) in [5.41, 5.74) is 0.185. The molecule has 0 aromatic heterocycles. The Balaban J connectivity index is 1.66. The summed E-state index contributed by atoms with van der Waals surface area (Å²) in [5, 5.41) is 3.65. The lowest BCUT2D eigenvalue weighted by atomic mass is 9.66. The standard InChI is InChI=1S/C17H20ClNO2/c1-15-10-21-17(9-11(15)6-7-16(15,17)2)14(20)19-13-5-3-4-12(18)8-13/h3-5,8,11H,6-7,9-10H2,1-2H3,(H,19,20)/t11-,15+,16-,17+/m1/s1. The number of carbonyl (C=O) groups is 1. The minimum absolute atomic E-state index is 0.00167. The normalized spacial score (nSPS) is 43.3. The first-order chi connectivity index (χ1) is 9.91. The van der Waals surface area contributed by atoms with E-state index in [0.29, 0.717) is 17.5 Å². The second-order valence-corrected chi connectivity index (χ2v) is 7.71. The van der Waals surface area contributed by atoms with Crippen LogP contribution in [0.3, 0.4) is 0 Å². The third-order valence-corrected chi connectivity index (χ3v) is 6.88. The fraction of sp³-hybridized carbons (Fsp3) is 0.588. The van der Waals surface area contributed by atoms with Gasteiger partial charge in [-0.2, -0.15) is 0 Å². The van der Waals surface area contributed by atoms with E-state index in [1.54, 1.807) is 12.1 Å². The van der Waals surface area contributed by atoms with Crippen LogP contribution in [0.1, 0.15) is 33.1 Å². The van der Waals surface area contributed by atoms with Crippen LogP contribution in [-0.2, 0) is 9.53 Å². The van der Waals surface area contributed by atoms with Crippen molar-refractivity contribution in [3.8, 4) is 0 Å². The van der Waals surface area contributed by atoms with E-state index in [0.717, 1.165) is 18.5 Å². The van der Waals surface area contributed by atoms with Gasteiger partial charge in [-0.05, 0) is 43.4 Å². The number of halogens is 1. The van der Waals surface area contributed by atoms with Crippen molar-refractivity contribution >= 4 is 23.2 Å². The van der Waals surface area contributed by atoms with Crippen LogP contribution in [0.5, 0.6) is 0 Å². The molecule has 1 amide bonds. The summed E-state index contributed by atoms with van der Waals surface area (Å²) < 4.78 is 6.10. The minimum Gasteiger partial charge on any atom is -0.364 e. The van der Waals surface area contributed by atoms with Gasteiger partial charge >= 0.3 is 0 Å². The van der Waals surface area contributed by atoms with Crippen LogP contribution < -0.4 is 5.32 Å². The summed E-state index contributed by atoms with van der Waals surface area (Å²) in [4.78, 5) is 13.0. The monoisotopic (exact) mass is 305 g/mol. The van der Waals surface area contributed by atoms with Crippen LogP contribution in [-0.4, -0.2) is 18.1 Å². The molecule has 4 bridgehead atoms. The van der Waals surface area contributed by atoms with Crippen molar-refractivity contribution in [1.82, 2.24) is 0 Å². The van der Waals surface area contributed by atoms with Crippen LogP contribution in [0.2, 0.25) is 5.02 Å². The molecule has 112 valence electrons. The van der Waals surface area contributed by atoms with Gasteiger partial charge in [0.05, 0.1) is 6.61 Å². The van der Waals surface area contributed by atoms with Gasteiger partial charge in [0.2, 0.25) is 0 Å². The smallest absolute Gasteiger partial charge is 0.257 e. The summed E-state index contributed by atoms with van der Waals surface area (Å²) in [5.74, 6) is 0.611. The average Bonchev–Trinajstić information content (AvgIpc) is 2.91. The molecule has 21 heavy (non-hydrogen) atoms. The van der Waals surface area contributed by atoms with Crippen LogP contribution in [0.15, 0.2) is 24.3 Å². The molecule has 4 atom stereocenters. The van der Waals surface area contributed by atoms with Crippen LogP contribution in [0.4, 0.5) is 5.69 Å². The number of ether oxygens (including phenoxy) is 1.